The van der Waals surface area contributed by atoms with E-state index in [0.29, 0.717) is 24.4 Å². The summed E-state index contributed by atoms with van der Waals surface area (Å²) in [7, 11) is 0. The van der Waals surface area contributed by atoms with Crippen molar-refractivity contribution in [2.24, 2.45) is 11.8 Å². The number of rotatable bonds is 4. The Balaban J connectivity index is 0.000000132. The number of H-pyrrole nitrogens is 2. The molecule has 3 N–H and O–H groups in total. The second kappa shape index (κ2) is 10.4. The Bertz CT molecular complexity index is 1770. The Hall–Kier alpha value is -4.19. The minimum Gasteiger partial charge on any atom is -0.396 e. The molecule has 0 aliphatic heterocycles. The van der Waals surface area contributed by atoms with Crippen molar-refractivity contribution < 1.29 is 9.90 Å². The molecule has 12 nitrogen and oxygen atoms in total. The normalized spacial score (nSPS) is 23.5. The van der Waals surface area contributed by atoms with Gasteiger partial charge in [-0.1, -0.05) is 10.4 Å². The third-order valence-electron chi connectivity index (χ3n) is 8.84. The van der Waals surface area contributed by atoms with Gasteiger partial charge in [0.15, 0.2) is 0 Å². The van der Waals surface area contributed by atoms with E-state index in [4.69, 9.17) is 0 Å². The van der Waals surface area contributed by atoms with E-state index in [1.165, 1.54) is 0 Å². The van der Waals surface area contributed by atoms with E-state index in [9.17, 15) is 9.90 Å². The van der Waals surface area contributed by atoms with Gasteiger partial charge in [0.1, 0.15) is 41.3 Å². The number of hydrogen-bond donors (Lipinski definition) is 3. The summed E-state index contributed by atoms with van der Waals surface area (Å²) in [6, 6.07) is 4.05. The molecule has 206 valence electrons. The zero-order valence-corrected chi connectivity index (χ0v) is 22.1. The van der Waals surface area contributed by atoms with Crippen LogP contribution in [-0.2, 0) is 4.79 Å². The average Bonchev–Trinajstić information content (AvgIpc) is 3.82. The van der Waals surface area contributed by atoms with E-state index >= 15 is 0 Å². The lowest BCUT2D eigenvalue weighted by Gasteiger charge is -2.26. The van der Waals surface area contributed by atoms with Crippen LogP contribution in [0.5, 0.6) is 0 Å². The number of nitrogens with zero attached hydrogens (tertiary/aromatic N) is 8. The molecule has 0 unspecified atom stereocenters. The number of aldehydes is 1. The highest BCUT2D eigenvalue weighted by molar-refractivity contribution is 5.93. The fourth-order valence-electron chi connectivity index (χ4n) is 6.54. The van der Waals surface area contributed by atoms with Crippen molar-refractivity contribution in [3.63, 3.8) is 0 Å². The molecule has 40 heavy (non-hydrogen) atoms. The van der Waals surface area contributed by atoms with E-state index in [0.717, 1.165) is 102 Å². The first kappa shape index (κ1) is 24.8. The summed E-state index contributed by atoms with van der Waals surface area (Å²) in [5.74, 6) is 1.52. The van der Waals surface area contributed by atoms with E-state index in [1.807, 2.05) is 24.5 Å². The number of fused-ring (bicyclic) bond motifs is 6. The SMILES string of the molecule is O=C[C@H]1CC[C@H](c2nnn3cnc4[nH]ccc4c23)CC1.OC[C@H]1CC[C@H](c2nnn3cnc4[nH]ccc4c23)CC1. The second-order valence-electron chi connectivity index (χ2n) is 11.2. The summed E-state index contributed by atoms with van der Waals surface area (Å²) >= 11 is 0. The van der Waals surface area contributed by atoms with Crippen molar-refractivity contribution >= 4 is 39.4 Å². The highest BCUT2D eigenvalue weighted by Crippen LogP contribution is 2.38. The Morgan fingerprint density at radius 1 is 0.775 bits per heavy atom. The van der Waals surface area contributed by atoms with Crippen molar-refractivity contribution in [3.05, 3.63) is 48.6 Å². The van der Waals surface area contributed by atoms with Gasteiger partial charge in [-0.25, -0.2) is 19.0 Å². The van der Waals surface area contributed by atoms with Gasteiger partial charge in [0, 0.05) is 47.5 Å². The van der Waals surface area contributed by atoms with Crippen molar-refractivity contribution in [2.75, 3.05) is 6.61 Å². The molecule has 2 aliphatic rings. The van der Waals surface area contributed by atoms with Gasteiger partial charge < -0.3 is 19.9 Å². The summed E-state index contributed by atoms with van der Waals surface area (Å²) in [4.78, 5) is 25.8. The Labute approximate surface area is 229 Å². The molecule has 2 aliphatic carbocycles. The Kier molecular flexibility index (Phi) is 6.46. The molecular formula is C28H32N10O2. The maximum absolute atomic E-state index is 10.9. The van der Waals surface area contributed by atoms with Crippen LogP contribution in [0.4, 0.5) is 0 Å². The first-order valence-electron chi connectivity index (χ1n) is 14.1. The smallest absolute Gasteiger partial charge is 0.141 e. The summed E-state index contributed by atoms with van der Waals surface area (Å²) < 4.78 is 3.51. The topological polar surface area (TPSA) is 155 Å². The molecule has 2 fully saturated rings. The lowest BCUT2D eigenvalue weighted by molar-refractivity contribution is -0.111. The molecule has 2 saturated carbocycles. The molecule has 6 heterocycles. The van der Waals surface area contributed by atoms with Crippen LogP contribution >= 0.6 is 0 Å². The molecule has 0 saturated heterocycles. The van der Waals surface area contributed by atoms with Gasteiger partial charge in [-0.2, -0.15) is 0 Å². The highest BCUT2D eigenvalue weighted by atomic mass is 16.3. The summed E-state index contributed by atoms with van der Waals surface area (Å²) in [5, 5.41) is 28.5. The second-order valence-corrected chi connectivity index (χ2v) is 11.2. The van der Waals surface area contributed by atoms with Gasteiger partial charge in [0.05, 0.1) is 11.4 Å². The summed E-state index contributed by atoms with van der Waals surface area (Å²) in [6.07, 6.45) is 16.5. The van der Waals surface area contributed by atoms with Gasteiger partial charge in [0.25, 0.3) is 0 Å². The number of carbonyl (C=O) groups excluding carboxylic acids is 1. The summed E-state index contributed by atoms with van der Waals surface area (Å²) in [6.45, 7) is 0.306. The third-order valence-corrected chi connectivity index (χ3v) is 8.84. The van der Waals surface area contributed by atoms with Gasteiger partial charge in [0.2, 0.25) is 0 Å². The number of nitrogens with one attached hydrogen (secondary N) is 2. The molecule has 12 heteroatoms. The maximum Gasteiger partial charge on any atom is 0.141 e. The van der Waals surface area contributed by atoms with E-state index in [2.05, 4.69) is 40.6 Å². The largest absolute Gasteiger partial charge is 0.396 e. The predicted molar refractivity (Wildman–Crippen MR) is 148 cm³/mol. The maximum atomic E-state index is 10.9. The standard InChI is InChI=1S/C14H17N5O.C14H15N5O/c2*20-7-9-1-3-10(4-2-9)12-13-11-5-6-15-14(11)16-8-19(13)18-17-12/h5-6,8-10,15,20H,1-4,7H2;5-10,15H,1-4H2/t2*9-,10-. The van der Waals surface area contributed by atoms with E-state index in [1.54, 1.807) is 21.7 Å². The Morgan fingerprint density at radius 3 is 1.75 bits per heavy atom. The fourth-order valence-corrected chi connectivity index (χ4v) is 6.54. The van der Waals surface area contributed by atoms with Crippen molar-refractivity contribution in [2.45, 2.75) is 63.2 Å². The van der Waals surface area contributed by atoms with Crippen LogP contribution in [0.1, 0.15) is 74.6 Å². The predicted octanol–water partition coefficient (Wildman–Crippen LogP) is 3.95. The highest BCUT2D eigenvalue weighted by Gasteiger charge is 2.27. The molecule has 0 spiro atoms. The van der Waals surface area contributed by atoms with Crippen LogP contribution < -0.4 is 0 Å². The quantitative estimate of drug-likeness (QED) is 0.284. The molecule has 0 aromatic carbocycles. The number of aromatic nitrogens is 10. The van der Waals surface area contributed by atoms with Crippen LogP contribution in [0, 0.1) is 11.8 Å². The van der Waals surface area contributed by atoms with Crippen molar-refractivity contribution in [1.82, 2.24) is 49.6 Å². The fraction of sp³-hybridized carbons (Fsp3) is 0.464. The third kappa shape index (κ3) is 4.32. The monoisotopic (exact) mass is 540 g/mol. The number of carbonyl (C=O) groups is 1. The molecule has 0 amide bonds. The van der Waals surface area contributed by atoms with Gasteiger partial charge in [-0.3, -0.25) is 0 Å². The summed E-state index contributed by atoms with van der Waals surface area (Å²) in [5.41, 5.74) is 5.98. The van der Waals surface area contributed by atoms with Crippen LogP contribution in [-0.4, -0.2) is 67.6 Å². The van der Waals surface area contributed by atoms with E-state index in [-0.39, 0.29) is 5.92 Å². The lowest BCUT2D eigenvalue weighted by Crippen LogP contribution is -2.16. The average molecular weight is 541 g/mol. The van der Waals surface area contributed by atoms with Gasteiger partial charge in [-0.15, -0.1) is 10.2 Å². The molecule has 0 radical (unpaired) electrons. The molecule has 0 atom stereocenters. The van der Waals surface area contributed by atoms with Gasteiger partial charge in [-0.05, 0) is 69.4 Å². The van der Waals surface area contributed by atoms with Crippen LogP contribution in [0.15, 0.2) is 37.2 Å². The lowest BCUT2D eigenvalue weighted by atomic mass is 9.80. The Morgan fingerprint density at radius 2 is 1.27 bits per heavy atom. The number of aliphatic hydroxyl groups is 1. The molecule has 6 aromatic rings. The minimum atomic E-state index is 0.224. The van der Waals surface area contributed by atoms with E-state index < -0.39 is 0 Å². The zero-order chi connectivity index (χ0) is 27.1. The number of aliphatic hydroxyl groups excluding tert-OH is 1. The number of hydrogen-bond acceptors (Lipinski definition) is 8. The van der Waals surface area contributed by atoms with Crippen LogP contribution in [0.25, 0.3) is 33.1 Å². The number of aromatic amines is 2. The van der Waals surface area contributed by atoms with Crippen LogP contribution in [0.2, 0.25) is 0 Å². The van der Waals surface area contributed by atoms with Gasteiger partial charge >= 0.3 is 0 Å². The zero-order valence-electron chi connectivity index (χ0n) is 22.1. The first-order valence-corrected chi connectivity index (χ1v) is 14.1. The minimum absolute atomic E-state index is 0.224. The van der Waals surface area contributed by atoms with Crippen LogP contribution in [0.3, 0.4) is 0 Å². The van der Waals surface area contributed by atoms with Crippen molar-refractivity contribution in [3.8, 4) is 0 Å². The molecule has 8 rings (SSSR count). The van der Waals surface area contributed by atoms with Crippen molar-refractivity contribution in [1.29, 1.82) is 0 Å². The molecule has 0 bridgehead atoms. The first-order chi connectivity index (χ1) is 19.7. The molecular weight excluding hydrogens is 508 g/mol. The molecule has 6 aromatic heterocycles.